The molecule has 0 aliphatic heterocycles. The molecule has 70 valence electrons. The Morgan fingerprint density at radius 1 is 1.23 bits per heavy atom. The first-order valence-electron chi connectivity index (χ1n) is 4.05. The lowest BCUT2D eigenvalue weighted by atomic mass is 10.3. The Balaban J connectivity index is 2.42. The number of halogens is 2. The van der Waals surface area contributed by atoms with Crippen molar-refractivity contribution in [1.82, 2.24) is 9.97 Å². The smallest absolute Gasteiger partial charge is 0.139 e. The highest BCUT2D eigenvalue weighted by molar-refractivity contribution is 6.34. The molecule has 0 aromatic carbocycles. The molecule has 1 N–H and O–H groups in total. The van der Waals surface area contributed by atoms with E-state index in [9.17, 15) is 0 Å². The lowest BCUT2D eigenvalue weighted by Gasteiger charge is -2.04. The Kier molecular flexibility index (Phi) is 2.41. The van der Waals surface area contributed by atoms with Gasteiger partial charge in [-0.3, -0.25) is 0 Å². The molecule has 5 heteroatoms. The van der Waals surface area contributed by atoms with E-state index in [2.05, 4.69) is 9.97 Å². The molecule has 2 rings (SSSR count). The Labute approximate surface area is 85.7 Å². The summed E-state index contributed by atoms with van der Waals surface area (Å²) >= 11 is 11.6. The van der Waals surface area contributed by atoms with Crippen molar-refractivity contribution < 1.29 is 5.11 Å². The maximum atomic E-state index is 8.90. The van der Waals surface area contributed by atoms with Gasteiger partial charge < -0.3 is 5.11 Å². The second-order valence-corrected chi connectivity index (χ2v) is 3.79. The number of aliphatic hydroxyl groups is 1. The first kappa shape index (κ1) is 9.19. The minimum Gasteiger partial charge on any atom is -0.391 e. The van der Waals surface area contributed by atoms with Crippen molar-refractivity contribution in [3.8, 4) is 0 Å². The SMILES string of the molecule is OCc1c(Cl)nc(C2CC2)nc1Cl. The fourth-order valence-corrected chi connectivity index (χ4v) is 1.62. The number of hydrogen-bond acceptors (Lipinski definition) is 3. The third-order valence-corrected chi connectivity index (χ3v) is 2.65. The minimum absolute atomic E-state index is 0.220. The van der Waals surface area contributed by atoms with Crippen LogP contribution < -0.4 is 0 Å². The summed E-state index contributed by atoms with van der Waals surface area (Å²) in [5.74, 6) is 1.12. The van der Waals surface area contributed by atoms with Crippen LogP contribution in [0.2, 0.25) is 10.3 Å². The molecule has 0 saturated heterocycles. The van der Waals surface area contributed by atoms with Crippen molar-refractivity contribution in [2.24, 2.45) is 0 Å². The van der Waals surface area contributed by atoms with Crippen LogP contribution in [0.4, 0.5) is 0 Å². The molecule has 1 aliphatic carbocycles. The van der Waals surface area contributed by atoms with Gasteiger partial charge in [-0.1, -0.05) is 23.2 Å². The molecule has 1 saturated carbocycles. The average Bonchev–Trinajstić information content (AvgIpc) is 2.85. The lowest BCUT2D eigenvalue weighted by molar-refractivity contribution is 0.281. The van der Waals surface area contributed by atoms with Gasteiger partial charge in [0.2, 0.25) is 0 Å². The van der Waals surface area contributed by atoms with E-state index in [1.807, 2.05) is 0 Å². The largest absolute Gasteiger partial charge is 0.391 e. The second kappa shape index (κ2) is 3.40. The van der Waals surface area contributed by atoms with E-state index in [0.717, 1.165) is 12.8 Å². The maximum absolute atomic E-state index is 8.90. The van der Waals surface area contributed by atoms with Crippen LogP contribution in [0, 0.1) is 0 Å². The first-order valence-corrected chi connectivity index (χ1v) is 4.80. The van der Waals surface area contributed by atoms with Crippen LogP contribution in [0.5, 0.6) is 0 Å². The molecule has 1 aliphatic rings. The van der Waals surface area contributed by atoms with E-state index >= 15 is 0 Å². The summed E-state index contributed by atoms with van der Waals surface area (Å²) < 4.78 is 0. The fraction of sp³-hybridized carbons (Fsp3) is 0.500. The van der Waals surface area contributed by atoms with Crippen LogP contribution >= 0.6 is 23.2 Å². The number of aromatic nitrogens is 2. The molecule has 1 fully saturated rings. The van der Waals surface area contributed by atoms with E-state index in [1.54, 1.807) is 0 Å². The molecule has 1 aromatic heterocycles. The van der Waals surface area contributed by atoms with Gasteiger partial charge in [0.25, 0.3) is 0 Å². The van der Waals surface area contributed by atoms with Gasteiger partial charge in [-0.2, -0.15) is 0 Å². The van der Waals surface area contributed by atoms with Gasteiger partial charge in [0.15, 0.2) is 0 Å². The van der Waals surface area contributed by atoms with Crippen molar-refractivity contribution in [2.45, 2.75) is 25.4 Å². The fourth-order valence-electron chi connectivity index (χ4n) is 1.10. The van der Waals surface area contributed by atoms with Crippen LogP contribution in [-0.4, -0.2) is 15.1 Å². The standard InChI is InChI=1S/C8H8Cl2N2O/c9-6-5(3-13)7(10)12-8(11-6)4-1-2-4/h4,13H,1-3H2. The number of hydrogen-bond donors (Lipinski definition) is 1. The van der Waals surface area contributed by atoms with E-state index < -0.39 is 0 Å². The normalized spacial score (nSPS) is 16.2. The molecular formula is C8H8Cl2N2O. The Hall–Kier alpha value is -0.380. The zero-order chi connectivity index (χ0) is 9.42. The van der Waals surface area contributed by atoms with Crippen LogP contribution in [0.3, 0.4) is 0 Å². The van der Waals surface area contributed by atoms with E-state index in [-0.39, 0.29) is 16.9 Å². The van der Waals surface area contributed by atoms with Gasteiger partial charge in [-0.15, -0.1) is 0 Å². The van der Waals surface area contributed by atoms with Gasteiger partial charge in [0.05, 0.1) is 12.2 Å². The van der Waals surface area contributed by atoms with Crippen LogP contribution in [-0.2, 0) is 6.61 Å². The molecular weight excluding hydrogens is 211 g/mol. The maximum Gasteiger partial charge on any atom is 0.139 e. The monoisotopic (exact) mass is 218 g/mol. The molecule has 0 amide bonds. The molecule has 13 heavy (non-hydrogen) atoms. The van der Waals surface area contributed by atoms with Crippen molar-refractivity contribution in [1.29, 1.82) is 0 Å². The van der Waals surface area contributed by atoms with Crippen molar-refractivity contribution in [2.75, 3.05) is 0 Å². The lowest BCUT2D eigenvalue weighted by Crippen LogP contribution is -1.99. The van der Waals surface area contributed by atoms with Crippen molar-refractivity contribution >= 4 is 23.2 Å². The molecule has 0 spiro atoms. The van der Waals surface area contributed by atoms with Crippen LogP contribution in [0.15, 0.2) is 0 Å². The van der Waals surface area contributed by atoms with E-state index in [1.165, 1.54) is 0 Å². The molecule has 0 bridgehead atoms. The molecule has 0 atom stereocenters. The zero-order valence-electron chi connectivity index (χ0n) is 6.80. The summed E-state index contributed by atoms with van der Waals surface area (Å²) in [6.07, 6.45) is 2.20. The van der Waals surface area contributed by atoms with Gasteiger partial charge in [0, 0.05) is 5.92 Å². The topological polar surface area (TPSA) is 46.0 Å². The van der Waals surface area contributed by atoms with Crippen molar-refractivity contribution in [3.05, 3.63) is 21.7 Å². The van der Waals surface area contributed by atoms with Crippen molar-refractivity contribution in [3.63, 3.8) is 0 Å². The molecule has 1 heterocycles. The molecule has 3 nitrogen and oxygen atoms in total. The van der Waals surface area contributed by atoms with E-state index in [4.69, 9.17) is 28.3 Å². The highest BCUT2D eigenvalue weighted by Gasteiger charge is 2.28. The Bertz CT molecular complexity index is 316. The third kappa shape index (κ3) is 1.77. The second-order valence-electron chi connectivity index (χ2n) is 3.07. The summed E-state index contributed by atoms with van der Waals surface area (Å²) in [6, 6.07) is 0. The quantitative estimate of drug-likeness (QED) is 0.775. The number of rotatable bonds is 2. The van der Waals surface area contributed by atoms with Crippen LogP contribution in [0.1, 0.15) is 30.1 Å². The predicted octanol–water partition coefficient (Wildman–Crippen LogP) is 2.15. The summed E-state index contributed by atoms with van der Waals surface area (Å²) in [5, 5.41) is 9.43. The Morgan fingerprint density at radius 3 is 2.15 bits per heavy atom. The van der Waals surface area contributed by atoms with Gasteiger partial charge in [0.1, 0.15) is 16.1 Å². The predicted molar refractivity (Wildman–Crippen MR) is 49.9 cm³/mol. The highest BCUT2D eigenvalue weighted by atomic mass is 35.5. The molecule has 1 aromatic rings. The average molecular weight is 219 g/mol. The number of aliphatic hydroxyl groups excluding tert-OH is 1. The Morgan fingerprint density at radius 2 is 1.77 bits per heavy atom. The summed E-state index contributed by atoms with van der Waals surface area (Å²) in [7, 11) is 0. The van der Waals surface area contributed by atoms with E-state index in [0.29, 0.717) is 17.3 Å². The summed E-state index contributed by atoms with van der Waals surface area (Å²) in [6.45, 7) is -0.220. The van der Waals surface area contributed by atoms with Gasteiger partial charge in [-0.25, -0.2) is 9.97 Å². The molecule has 0 radical (unpaired) electrons. The third-order valence-electron chi connectivity index (χ3n) is 2.02. The van der Waals surface area contributed by atoms with Crippen LogP contribution in [0.25, 0.3) is 0 Å². The highest BCUT2D eigenvalue weighted by Crippen LogP contribution is 2.39. The molecule has 0 unspecified atom stereocenters. The van der Waals surface area contributed by atoms with Gasteiger partial charge in [-0.05, 0) is 12.8 Å². The number of nitrogens with zero attached hydrogens (tertiary/aromatic N) is 2. The zero-order valence-corrected chi connectivity index (χ0v) is 8.31. The summed E-state index contributed by atoms with van der Waals surface area (Å²) in [5.41, 5.74) is 0.410. The minimum atomic E-state index is -0.220. The first-order chi connectivity index (χ1) is 6.22. The summed E-state index contributed by atoms with van der Waals surface area (Å²) in [4.78, 5) is 8.15. The van der Waals surface area contributed by atoms with Gasteiger partial charge >= 0.3 is 0 Å².